The summed E-state index contributed by atoms with van der Waals surface area (Å²) in [6, 6.07) is 5.69. The van der Waals surface area contributed by atoms with Crippen molar-refractivity contribution in [3.63, 3.8) is 0 Å². The Balaban J connectivity index is 1.45. The number of amides is 2. The zero-order valence-corrected chi connectivity index (χ0v) is 17.5. The van der Waals surface area contributed by atoms with Gasteiger partial charge in [0.2, 0.25) is 11.8 Å². The van der Waals surface area contributed by atoms with E-state index in [2.05, 4.69) is 43.4 Å². The highest BCUT2D eigenvalue weighted by Crippen LogP contribution is 2.58. The number of nitrogens with one attached hydrogen (secondary N) is 1. The lowest BCUT2D eigenvalue weighted by atomic mass is 9.80. The van der Waals surface area contributed by atoms with Crippen molar-refractivity contribution in [2.24, 2.45) is 23.0 Å². The third-order valence-corrected chi connectivity index (χ3v) is 6.93. The molecule has 4 rings (SSSR count). The molecule has 1 spiro atoms. The molecule has 7 heteroatoms. The van der Waals surface area contributed by atoms with Gasteiger partial charge in [-0.3, -0.25) is 14.4 Å². The fourth-order valence-electron chi connectivity index (χ4n) is 5.23. The quantitative estimate of drug-likeness (QED) is 0.695. The van der Waals surface area contributed by atoms with Crippen molar-refractivity contribution >= 4 is 23.4 Å². The first kappa shape index (κ1) is 20.6. The molecular weight excluding hydrogens is 382 g/mol. The minimum atomic E-state index is -1.00. The number of nitrogens with two attached hydrogens (primary N) is 1. The Hall–Kier alpha value is -2.67. The fraction of sp³-hybridized carbons (Fsp3) is 0.522. The van der Waals surface area contributed by atoms with E-state index in [1.807, 2.05) is 0 Å². The van der Waals surface area contributed by atoms with Crippen molar-refractivity contribution in [1.29, 1.82) is 0 Å². The van der Waals surface area contributed by atoms with Gasteiger partial charge in [-0.2, -0.15) is 0 Å². The topological polar surface area (TPSA) is 113 Å². The Morgan fingerprint density at radius 2 is 1.87 bits per heavy atom. The highest BCUT2D eigenvalue weighted by Gasteiger charge is 2.62. The average molecular weight is 412 g/mol. The molecule has 1 aromatic rings. The number of aliphatic carboxylic acids is 1. The van der Waals surface area contributed by atoms with Gasteiger partial charge < -0.3 is 21.1 Å². The minimum Gasteiger partial charge on any atom is -0.481 e. The van der Waals surface area contributed by atoms with Crippen molar-refractivity contribution in [2.45, 2.75) is 39.2 Å². The van der Waals surface area contributed by atoms with Crippen LogP contribution in [0.1, 0.15) is 36.0 Å². The van der Waals surface area contributed by atoms with Gasteiger partial charge in [-0.15, -0.1) is 0 Å². The van der Waals surface area contributed by atoms with Crippen LogP contribution in [0.3, 0.4) is 0 Å². The molecule has 1 aromatic carbocycles. The second-order valence-corrected chi connectivity index (χ2v) is 9.17. The molecule has 2 fully saturated rings. The van der Waals surface area contributed by atoms with E-state index in [0.717, 1.165) is 6.42 Å². The highest BCUT2D eigenvalue weighted by atomic mass is 16.4. The minimum absolute atomic E-state index is 0.177. The smallest absolute Gasteiger partial charge is 0.308 e. The molecule has 0 bridgehead atoms. The van der Waals surface area contributed by atoms with Gasteiger partial charge in [-0.05, 0) is 49.7 Å². The summed E-state index contributed by atoms with van der Waals surface area (Å²) in [5, 5.41) is 12.9. The first-order valence-electron chi connectivity index (χ1n) is 10.5. The number of carboxylic acids is 1. The second-order valence-electron chi connectivity index (χ2n) is 9.17. The summed E-state index contributed by atoms with van der Waals surface area (Å²) in [4.78, 5) is 38.3. The predicted octanol–water partition coefficient (Wildman–Crippen LogP) is 1.47. The van der Waals surface area contributed by atoms with Crippen molar-refractivity contribution < 1.29 is 19.5 Å². The van der Waals surface area contributed by atoms with Crippen LogP contribution in [-0.4, -0.2) is 53.5 Å². The summed E-state index contributed by atoms with van der Waals surface area (Å²) in [5.74, 6) is -2.70. The van der Waals surface area contributed by atoms with Gasteiger partial charge in [0, 0.05) is 25.6 Å². The molecule has 2 heterocycles. The second kappa shape index (κ2) is 7.54. The number of carbonyl (C=O) groups is 3. The molecule has 160 valence electrons. The molecule has 1 aliphatic carbocycles. The zero-order chi connectivity index (χ0) is 21.6. The number of hydrogen-bond acceptors (Lipinski definition) is 4. The van der Waals surface area contributed by atoms with Crippen LogP contribution < -0.4 is 11.1 Å². The lowest BCUT2D eigenvalue weighted by Gasteiger charge is -2.38. The molecule has 2 amide bonds. The normalized spacial score (nSPS) is 30.7. The van der Waals surface area contributed by atoms with Crippen LogP contribution in [0.15, 0.2) is 24.3 Å². The van der Waals surface area contributed by atoms with Crippen LogP contribution in [0.5, 0.6) is 0 Å². The predicted molar refractivity (Wildman–Crippen MR) is 112 cm³/mol. The molecular formula is C23H29N3O4. The van der Waals surface area contributed by atoms with E-state index in [1.54, 1.807) is 4.90 Å². The molecule has 7 nitrogen and oxygen atoms in total. The Bertz CT molecular complexity index is 920. The summed E-state index contributed by atoms with van der Waals surface area (Å²) < 4.78 is 0. The fourth-order valence-corrected chi connectivity index (χ4v) is 5.23. The third kappa shape index (κ3) is 3.74. The lowest BCUT2D eigenvalue weighted by molar-refractivity contribution is -0.150. The molecule has 2 aliphatic heterocycles. The maximum absolute atomic E-state index is 13.1. The number of piperidine rings is 1. The Kier molecular flexibility index (Phi) is 5.18. The molecule has 1 saturated heterocycles. The van der Waals surface area contributed by atoms with Crippen LogP contribution in [0.2, 0.25) is 0 Å². The van der Waals surface area contributed by atoms with Gasteiger partial charge in [0.25, 0.3) is 0 Å². The van der Waals surface area contributed by atoms with E-state index >= 15 is 0 Å². The number of benzene rings is 1. The number of carboxylic acid groups (broad SMARTS) is 1. The average Bonchev–Trinajstić information content (AvgIpc) is 3.40. The first-order chi connectivity index (χ1) is 14.2. The molecule has 1 saturated carbocycles. The van der Waals surface area contributed by atoms with Gasteiger partial charge >= 0.3 is 5.97 Å². The summed E-state index contributed by atoms with van der Waals surface area (Å²) in [6.07, 6.45) is 3.73. The summed E-state index contributed by atoms with van der Waals surface area (Å²) in [7, 11) is 0. The van der Waals surface area contributed by atoms with Crippen LogP contribution in [0.4, 0.5) is 0 Å². The highest BCUT2D eigenvalue weighted by molar-refractivity contribution is 5.89. The van der Waals surface area contributed by atoms with Gasteiger partial charge in [0.15, 0.2) is 0 Å². The number of hydrogen-bond donors (Lipinski definition) is 3. The van der Waals surface area contributed by atoms with Gasteiger partial charge in [0.05, 0.1) is 5.92 Å². The van der Waals surface area contributed by atoms with Gasteiger partial charge in [0.1, 0.15) is 6.04 Å². The monoisotopic (exact) mass is 411 g/mol. The van der Waals surface area contributed by atoms with Crippen LogP contribution in [-0.2, 0) is 14.4 Å². The van der Waals surface area contributed by atoms with Crippen molar-refractivity contribution in [3.8, 4) is 0 Å². The first-order valence-corrected chi connectivity index (χ1v) is 10.5. The van der Waals surface area contributed by atoms with E-state index in [4.69, 9.17) is 5.73 Å². The molecule has 0 radical (unpaired) electrons. The van der Waals surface area contributed by atoms with Crippen molar-refractivity contribution in [3.05, 3.63) is 41.0 Å². The molecule has 30 heavy (non-hydrogen) atoms. The van der Waals surface area contributed by atoms with Gasteiger partial charge in [-0.25, -0.2) is 0 Å². The van der Waals surface area contributed by atoms with Crippen molar-refractivity contribution in [2.75, 3.05) is 19.6 Å². The molecule has 0 aromatic heterocycles. The number of carbonyl (C=O) groups excluding carboxylic acids is 2. The standard InChI is InChI=1S/C23H29N3O4/c1-13-7-14(2)9-16(8-13)15-3-5-26(6-4-15)21(28)19-17(22(29)30)10-23(12-25-19)11-18(23)20(24)27/h3,7-9,17-19,25H,4-6,10-12H2,1-2H3,(H2,24,27)(H,29,30). The summed E-state index contributed by atoms with van der Waals surface area (Å²) >= 11 is 0. The largest absolute Gasteiger partial charge is 0.481 e. The lowest BCUT2D eigenvalue weighted by Crippen LogP contribution is -2.58. The van der Waals surface area contributed by atoms with Crippen molar-refractivity contribution in [1.82, 2.24) is 10.2 Å². The number of nitrogens with zero attached hydrogens (tertiary/aromatic N) is 1. The number of primary amides is 1. The van der Waals surface area contributed by atoms with E-state index in [1.165, 1.54) is 22.3 Å². The van der Waals surface area contributed by atoms with Crippen LogP contribution >= 0.6 is 0 Å². The molecule has 4 N–H and O–H groups in total. The number of aryl methyl sites for hydroxylation is 2. The Morgan fingerprint density at radius 1 is 1.17 bits per heavy atom. The number of rotatable bonds is 4. The Labute approximate surface area is 176 Å². The van der Waals surface area contributed by atoms with Crippen LogP contribution in [0, 0.1) is 31.1 Å². The SMILES string of the molecule is Cc1cc(C)cc(C2=CCN(C(=O)C3NCC4(CC3C(=O)O)CC4C(N)=O)CC2)c1. The van der Waals surface area contributed by atoms with E-state index in [0.29, 0.717) is 32.5 Å². The summed E-state index contributed by atoms with van der Waals surface area (Å²) in [6.45, 7) is 5.65. The molecule has 4 atom stereocenters. The molecule has 4 unspecified atom stereocenters. The van der Waals surface area contributed by atoms with E-state index < -0.39 is 23.3 Å². The maximum Gasteiger partial charge on any atom is 0.308 e. The molecule has 3 aliphatic rings. The summed E-state index contributed by atoms with van der Waals surface area (Å²) in [5.41, 5.74) is 9.85. The third-order valence-electron chi connectivity index (χ3n) is 6.93. The van der Waals surface area contributed by atoms with Gasteiger partial charge in [-0.1, -0.05) is 35.4 Å². The van der Waals surface area contributed by atoms with E-state index in [9.17, 15) is 19.5 Å². The zero-order valence-electron chi connectivity index (χ0n) is 17.5. The maximum atomic E-state index is 13.1. The Morgan fingerprint density at radius 3 is 2.40 bits per heavy atom. The van der Waals surface area contributed by atoms with E-state index in [-0.39, 0.29) is 17.7 Å². The van der Waals surface area contributed by atoms with Crippen LogP contribution in [0.25, 0.3) is 5.57 Å².